The Balaban J connectivity index is 2.62. The van der Waals surface area contributed by atoms with Crippen LogP contribution in [0.25, 0.3) is 0 Å². The van der Waals surface area contributed by atoms with Crippen LogP contribution in [0, 0.1) is 0 Å². The van der Waals surface area contributed by atoms with Crippen molar-refractivity contribution in [2.45, 2.75) is 38.7 Å². The smallest absolute Gasteiger partial charge is 0.123 e. The third-order valence-electron chi connectivity index (χ3n) is 3.17. The van der Waals surface area contributed by atoms with Gasteiger partial charge in [-0.1, -0.05) is 29.8 Å². The molecule has 3 heteroatoms. The molecule has 0 saturated heterocycles. The molecule has 0 bridgehead atoms. The van der Waals surface area contributed by atoms with Crippen LogP contribution in [-0.4, -0.2) is 11.7 Å². The van der Waals surface area contributed by atoms with Gasteiger partial charge in [0.1, 0.15) is 5.75 Å². The maximum atomic E-state index is 10.1. The first-order valence-corrected chi connectivity index (χ1v) is 6.40. The van der Waals surface area contributed by atoms with Gasteiger partial charge < -0.3 is 9.84 Å². The van der Waals surface area contributed by atoms with Crippen LogP contribution in [0.15, 0.2) is 16.6 Å². The summed E-state index contributed by atoms with van der Waals surface area (Å²) in [5.74, 6) is 0.905. The van der Waals surface area contributed by atoms with E-state index in [1.807, 2.05) is 19.1 Å². The summed E-state index contributed by atoms with van der Waals surface area (Å²) in [6.07, 6.45) is 0.366. The van der Waals surface area contributed by atoms with E-state index in [0.717, 1.165) is 27.8 Å². The molecule has 2 rings (SSSR count). The van der Waals surface area contributed by atoms with Gasteiger partial charge in [-0.15, -0.1) is 0 Å². The lowest BCUT2D eigenvalue weighted by Gasteiger charge is -2.22. The molecule has 1 atom stereocenters. The molecule has 0 heterocycles. The van der Waals surface area contributed by atoms with Crippen molar-refractivity contribution in [3.8, 4) is 5.75 Å². The maximum Gasteiger partial charge on any atom is 0.123 e. The van der Waals surface area contributed by atoms with Crippen LogP contribution in [0.2, 0.25) is 0 Å². The Kier molecular flexibility index (Phi) is 3.01. The molecule has 0 aromatic heterocycles. The lowest BCUT2D eigenvalue weighted by molar-refractivity contribution is 0.161. The van der Waals surface area contributed by atoms with Gasteiger partial charge >= 0.3 is 0 Å². The van der Waals surface area contributed by atoms with E-state index in [4.69, 9.17) is 4.74 Å². The average Bonchev–Trinajstić information content (AvgIpc) is 2.43. The van der Waals surface area contributed by atoms with Crippen LogP contribution in [-0.2, 0) is 5.41 Å². The highest BCUT2D eigenvalue weighted by Gasteiger charge is 2.39. The van der Waals surface area contributed by atoms with Crippen molar-refractivity contribution in [1.82, 2.24) is 0 Å². The van der Waals surface area contributed by atoms with Gasteiger partial charge in [0, 0.05) is 15.6 Å². The number of benzene rings is 1. The van der Waals surface area contributed by atoms with Gasteiger partial charge in [0.25, 0.3) is 0 Å². The normalized spacial score (nSPS) is 21.9. The number of hydrogen-bond acceptors (Lipinski definition) is 2. The third kappa shape index (κ3) is 1.76. The standard InChI is InChI=1S/C13H17BrO2/c1-4-16-10-6-5-8(14)11-9(15)7-13(2,3)12(10)11/h5-6,9,15H,4,7H2,1-3H3/t9-/m0/s1. The Morgan fingerprint density at radius 1 is 1.50 bits per heavy atom. The first kappa shape index (κ1) is 11.9. The molecule has 0 spiro atoms. The largest absolute Gasteiger partial charge is 0.494 e. The van der Waals surface area contributed by atoms with E-state index in [1.54, 1.807) is 0 Å². The molecule has 0 fully saturated rings. The first-order chi connectivity index (χ1) is 7.47. The molecule has 88 valence electrons. The molecule has 1 aliphatic rings. The number of halogens is 1. The fourth-order valence-corrected chi connectivity index (χ4v) is 3.16. The Hall–Kier alpha value is -0.540. The SMILES string of the molecule is CCOc1ccc(Br)c2c1C(C)(C)C[C@@H]2O. The van der Waals surface area contributed by atoms with Crippen molar-refractivity contribution >= 4 is 15.9 Å². The van der Waals surface area contributed by atoms with E-state index in [0.29, 0.717) is 6.61 Å². The van der Waals surface area contributed by atoms with Crippen molar-refractivity contribution in [2.24, 2.45) is 0 Å². The van der Waals surface area contributed by atoms with E-state index >= 15 is 0 Å². The maximum absolute atomic E-state index is 10.1. The van der Waals surface area contributed by atoms with Gasteiger partial charge in [-0.2, -0.15) is 0 Å². The second-order valence-corrected chi connectivity index (χ2v) is 5.73. The Morgan fingerprint density at radius 2 is 2.19 bits per heavy atom. The lowest BCUT2D eigenvalue weighted by Crippen LogP contribution is -2.14. The molecule has 16 heavy (non-hydrogen) atoms. The lowest BCUT2D eigenvalue weighted by atomic mass is 9.86. The highest BCUT2D eigenvalue weighted by molar-refractivity contribution is 9.10. The minimum Gasteiger partial charge on any atom is -0.494 e. The van der Waals surface area contributed by atoms with Gasteiger partial charge in [-0.3, -0.25) is 0 Å². The number of fused-ring (bicyclic) bond motifs is 1. The summed E-state index contributed by atoms with van der Waals surface area (Å²) in [7, 11) is 0. The Morgan fingerprint density at radius 3 is 2.81 bits per heavy atom. The van der Waals surface area contributed by atoms with Gasteiger partial charge in [0.2, 0.25) is 0 Å². The minimum atomic E-state index is -0.389. The molecule has 1 aromatic carbocycles. The number of rotatable bonds is 2. The minimum absolute atomic E-state index is 0.0248. The molecular formula is C13H17BrO2. The quantitative estimate of drug-likeness (QED) is 0.900. The molecule has 2 nitrogen and oxygen atoms in total. The third-order valence-corrected chi connectivity index (χ3v) is 3.86. The van der Waals surface area contributed by atoms with Crippen molar-refractivity contribution in [2.75, 3.05) is 6.61 Å². The van der Waals surface area contributed by atoms with Gasteiger partial charge in [-0.05, 0) is 30.9 Å². The van der Waals surface area contributed by atoms with Gasteiger partial charge in [-0.25, -0.2) is 0 Å². The van der Waals surface area contributed by atoms with E-state index in [2.05, 4.69) is 29.8 Å². The monoisotopic (exact) mass is 284 g/mol. The molecule has 0 aliphatic heterocycles. The van der Waals surface area contributed by atoms with E-state index in [1.165, 1.54) is 0 Å². The van der Waals surface area contributed by atoms with Crippen molar-refractivity contribution in [3.63, 3.8) is 0 Å². The van der Waals surface area contributed by atoms with E-state index < -0.39 is 0 Å². The summed E-state index contributed by atoms with van der Waals surface area (Å²) in [5.41, 5.74) is 2.12. The Bertz CT molecular complexity index is 413. The predicted octanol–water partition coefficient (Wildman–Crippen LogP) is 3.56. The molecule has 0 amide bonds. The summed E-state index contributed by atoms with van der Waals surface area (Å²) < 4.78 is 6.63. The Labute approximate surface area is 105 Å². The number of hydrogen-bond donors (Lipinski definition) is 1. The van der Waals surface area contributed by atoms with Gasteiger partial charge in [0.15, 0.2) is 0 Å². The summed E-state index contributed by atoms with van der Waals surface area (Å²) in [6, 6.07) is 3.93. The number of ether oxygens (including phenoxy) is 1. The number of aliphatic hydroxyl groups excluding tert-OH is 1. The topological polar surface area (TPSA) is 29.5 Å². The zero-order chi connectivity index (χ0) is 11.9. The van der Waals surface area contributed by atoms with Gasteiger partial charge in [0.05, 0.1) is 12.7 Å². The van der Waals surface area contributed by atoms with Crippen LogP contribution in [0.5, 0.6) is 5.75 Å². The molecular weight excluding hydrogens is 268 g/mol. The predicted molar refractivity (Wildman–Crippen MR) is 67.9 cm³/mol. The molecule has 1 aliphatic carbocycles. The highest BCUT2D eigenvalue weighted by atomic mass is 79.9. The van der Waals surface area contributed by atoms with Crippen LogP contribution < -0.4 is 4.74 Å². The zero-order valence-corrected chi connectivity index (χ0v) is 11.5. The summed E-state index contributed by atoms with van der Waals surface area (Å²) in [6.45, 7) is 6.93. The summed E-state index contributed by atoms with van der Waals surface area (Å²) >= 11 is 3.51. The molecule has 1 N–H and O–H groups in total. The zero-order valence-electron chi connectivity index (χ0n) is 9.88. The van der Waals surface area contributed by atoms with Crippen molar-refractivity contribution in [1.29, 1.82) is 0 Å². The fourth-order valence-electron chi connectivity index (χ4n) is 2.56. The molecule has 0 unspecified atom stereocenters. The summed E-state index contributed by atoms with van der Waals surface area (Å²) in [5, 5.41) is 10.1. The number of aliphatic hydroxyl groups is 1. The highest BCUT2D eigenvalue weighted by Crippen LogP contribution is 2.51. The molecule has 1 aromatic rings. The van der Waals surface area contributed by atoms with Crippen LogP contribution >= 0.6 is 15.9 Å². The summed E-state index contributed by atoms with van der Waals surface area (Å²) in [4.78, 5) is 0. The van der Waals surface area contributed by atoms with Crippen LogP contribution in [0.1, 0.15) is 44.4 Å². The average molecular weight is 285 g/mol. The van der Waals surface area contributed by atoms with Crippen LogP contribution in [0.4, 0.5) is 0 Å². The second kappa shape index (κ2) is 4.04. The van der Waals surface area contributed by atoms with E-state index in [-0.39, 0.29) is 11.5 Å². The van der Waals surface area contributed by atoms with E-state index in [9.17, 15) is 5.11 Å². The molecule has 0 saturated carbocycles. The fraction of sp³-hybridized carbons (Fsp3) is 0.538. The van der Waals surface area contributed by atoms with Crippen molar-refractivity contribution < 1.29 is 9.84 Å². The van der Waals surface area contributed by atoms with Crippen molar-refractivity contribution in [3.05, 3.63) is 27.7 Å². The van der Waals surface area contributed by atoms with Crippen LogP contribution in [0.3, 0.4) is 0 Å². The molecule has 0 radical (unpaired) electrons. The second-order valence-electron chi connectivity index (χ2n) is 4.87. The first-order valence-electron chi connectivity index (χ1n) is 5.61.